The van der Waals surface area contributed by atoms with Crippen LogP contribution in [-0.2, 0) is 4.79 Å². The van der Waals surface area contributed by atoms with Crippen LogP contribution in [0.15, 0.2) is 0 Å². The van der Waals surface area contributed by atoms with Gasteiger partial charge in [0.25, 0.3) is 0 Å². The maximum atomic E-state index is 10.7. The molecule has 0 aromatic carbocycles. The molecule has 0 heterocycles. The van der Waals surface area contributed by atoms with Crippen LogP contribution in [0.25, 0.3) is 0 Å². The van der Waals surface area contributed by atoms with E-state index in [1.165, 1.54) is 32.4 Å². The Labute approximate surface area is 88.2 Å². The number of halogens is 3. The normalized spacial score (nSPS) is 10.5. The standard InChI is InChI=1S/C7H17N.C2H2F3NO/c1-3-5-7-8-6-4-2;3-2(4,5)1(6)7/h8H,3-7H2,1-2H3;(H2,6,7). The lowest BCUT2D eigenvalue weighted by molar-refractivity contribution is -0.169. The monoisotopic (exact) mass is 228 g/mol. The molecule has 0 radical (unpaired) electrons. The number of nitrogens with one attached hydrogen (secondary N) is 1. The molecule has 1 amide bonds. The molecule has 0 aromatic rings. The molecule has 0 bridgehead atoms. The van der Waals surface area contributed by atoms with E-state index in [0.717, 1.165) is 0 Å². The summed E-state index contributed by atoms with van der Waals surface area (Å²) in [4.78, 5) is 9.12. The molecule has 0 aliphatic heterocycles. The van der Waals surface area contributed by atoms with E-state index in [0.29, 0.717) is 0 Å². The lowest BCUT2D eigenvalue weighted by atomic mass is 10.3. The third-order valence-corrected chi connectivity index (χ3v) is 1.41. The smallest absolute Gasteiger partial charge is 0.362 e. The Balaban J connectivity index is 0. The van der Waals surface area contributed by atoms with Crippen molar-refractivity contribution in [2.45, 2.75) is 39.3 Å². The SMILES string of the molecule is CCCCNCCC.NC(=O)C(F)(F)F. The third kappa shape index (κ3) is 15.9. The largest absolute Gasteiger partial charge is 0.470 e. The fraction of sp³-hybridized carbons (Fsp3) is 0.889. The minimum Gasteiger partial charge on any atom is -0.362 e. The second-order valence-corrected chi connectivity index (χ2v) is 2.97. The van der Waals surface area contributed by atoms with Crippen LogP contribution >= 0.6 is 0 Å². The Morgan fingerprint density at radius 3 is 1.93 bits per heavy atom. The molecule has 0 saturated carbocycles. The Bertz CT molecular complexity index is 154. The molecule has 0 unspecified atom stereocenters. The zero-order valence-electron chi connectivity index (χ0n) is 9.16. The highest BCUT2D eigenvalue weighted by atomic mass is 19.4. The van der Waals surface area contributed by atoms with Crippen LogP contribution in [0, 0.1) is 0 Å². The van der Waals surface area contributed by atoms with Crippen LogP contribution in [0.3, 0.4) is 0 Å². The second kappa shape index (κ2) is 9.76. The summed E-state index contributed by atoms with van der Waals surface area (Å²) < 4.78 is 32.1. The van der Waals surface area contributed by atoms with Crippen molar-refractivity contribution in [2.24, 2.45) is 5.73 Å². The first-order valence-corrected chi connectivity index (χ1v) is 4.93. The number of nitrogens with two attached hydrogens (primary N) is 1. The van der Waals surface area contributed by atoms with Gasteiger partial charge in [0.05, 0.1) is 0 Å². The molecule has 3 N–H and O–H groups in total. The Hall–Kier alpha value is -0.780. The first-order valence-electron chi connectivity index (χ1n) is 4.93. The van der Waals surface area contributed by atoms with E-state index in [1.54, 1.807) is 0 Å². The average molecular weight is 228 g/mol. The topological polar surface area (TPSA) is 55.1 Å². The third-order valence-electron chi connectivity index (χ3n) is 1.41. The zero-order chi connectivity index (χ0) is 12.3. The van der Waals surface area contributed by atoms with Gasteiger partial charge in [0, 0.05) is 0 Å². The summed E-state index contributed by atoms with van der Waals surface area (Å²) in [6, 6.07) is 0. The predicted octanol–water partition coefficient (Wildman–Crippen LogP) is 1.82. The van der Waals surface area contributed by atoms with Gasteiger partial charge in [-0.2, -0.15) is 13.2 Å². The van der Waals surface area contributed by atoms with Crippen molar-refractivity contribution in [1.29, 1.82) is 0 Å². The van der Waals surface area contributed by atoms with Crippen LogP contribution < -0.4 is 11.1 Å². The van der Waals surface area contributed by atoms with Crippen LogP contribution in [0.2, 0.25) is 0 Å². The molecule has 0 aliphatic rings. The summed E-state index contributed by atoms with van der Waals surface area (Å²) in [5, 5.41) is 3.34. The van der Waals surface area contributed by atoms with Gasteiger partial charge < -0.3 is 11.1 Å². The Morgan fingerprint density at radius 1 is 1.20 bits per heavy atom. The first kappa shape index (κ1) is 16.6. The Kier molecular flexibility index (Phi) is 10.8. The van der Waals surface area contributed by atoms with Crippen molar-refractivity contribution in [3.05, 3.63) is 0 Å². The predicted molar refractivity (Wildman–Crippen MR) is 53.3 cm³/mol. The fourth-order valence-corrected chi connectivity index (χ4v) is 0.604. The minimum atomic E-state index is -4.86. The summed E-state index contributed by atoms with van der Waals surface area (Å²) in [5.41, 5.74) is 3.81. The van der Waals surface area contributed by atoms with Gasteiger partial charge in [-0.25, -0.2) is 0 Å². The fourth-order valence-electron chi connectivity index (χ4n) is 0.604. The number of hydrogen-bond acceptors (Lipinski definition) is 2. The zero-order valence-corrected chi connectivity index (χ0v) is 9.16. The second-order valence-electron chi connectivity index (χ2n) is 2.97. The van der Waals surface area contributed by atoms with E-state index in [2.05, 4.69) is 24.9 Å². The molecule has 0 saturated heterocycles. The van der Waals surface area contributed by atoms with Crippen LogP contribution in [0.5, 0.6) is 0 Å². The average Bonchev–Trinajstić information content (AvgIpc) is 2.12. The molecule has 3 nitrogen and oxygen atoms in total. The van der Waals surface area contributed by atoms with Crippen LogP contribution in [0.1, 0.15) is 33.1 Å². The quantitative estimate of drug-likeness (QED) is 0.705. The number of amides is 1. The van der Waals surface area contributed by atoms with E-state index in [4.69, 9.17) is 4.79 Å². The molecule has 0 aromatic heterocycles. The lowest BCUT2D eigenvalue weighted by Gasteiger charge is -1.98. The summed E-state index contributed by atoms with van der Waals surface area (Å²) in [7, 11) is 0. The number of rotatable bonds is 5. The van der Waals surface area contributed by atoms with Gasteiger partial charge in [0.2, 0.25) is 0 Å². The van der Waals surface area contributed by atoms with Gasteiger partial charge in [0.1, 0.15) is 0 Å². The maximum absolute atomic E-state index is 10.7. The van der Waals surface area contributed by atoms with E-state index < -0.39 is 12.1 Å². The lowest BCUT2D eigenvalue weighted by Crippen LogP contribution is -2.30. The summed E-state index contributed by atoms with van der Waals surface area (Å²) in [6.45, 7) is 6.79. The van der Waals surface area contributed by atoms with Crippen molar-refractivity contribution in [3.8, 4) is 0 Å². The van der Waals surface area contributed by atoms with E-state index in [1.807, 2.05) is 0 Å². The molecule has 6 heteroatoms. The highest BCUT2D eigenvalue weighted by Gasteiger charge is 2.35. The molecule has 0 aliphatic carbocycles. The molecular formula is C9H19F3N2O. The molecule has 0 rings (SSSR count). The van der Waals surface area contributed by atoms with E-state index in [9.17, 15) is 13.2 Å². The van der Waals surface area contributed by atoms with Crippen molar-refractivity contribution < 1.29 is 18.0 Å². The molecule has 92 valence electrons. The van der Waals surface area contributed by atoms with Crippen molar-refractivity contribution in [1.82, 2.24) is 5.32 Å². The number of carbonyl (C=O) groups is 1. The van der Waals surface area contributed by atoms with Crippen LogP contribution in [-0.4, -0.2) is 25.2 Å². The first-order chi connectivity index (χ1) is 6.86. The van der Waals surface area contributed by atoms with Crippen molar-refractivity contribution >= 4 is 5.91 Å². The van der Waals surface area contributed by atoms with Gasteiger partial charge in [-0.15, -0.1) is 0 Å². The summed E-state index contributed by atoms with van der Waals surface area (Å²) in [5.74, 6) is -2.26. The van der Waals surface area contributed by atoms with Gasteiger partial charge in [-0.3, -0.25) is 4.79 Å². The van der Waals surface area contributed by atoms with Crippen molar-refractivity contribution in [2.75, 3.05) is 13.1 Å². The summed E-state index contributed by atoms with van der Waals surface area (Å²) in [6.07, 6.45) is -0.986. The minimum absolute atomic E-state index is 1.18. The molecule has 0 spiro atoms. The number of alkyl halides is 3. The van der Waals surface area contributed by atoms with E-state index in [-0.39, 0.29) is 0 Å². The molecule has 15 heavy (non-hydrogen) atoms. The number of hydrogen-bond donors (Lipinski definition) is 2. The van der Waals surface area contributed by atoms with Crippen LogP contribution in [0.4, 0.5) is 13.2 Å². The Morgan fingerprint density at radius 2 is 1.67 bits per heavy atom. The molecular weight excluding hydrogens is 209 g/mol. The van der Waals surface area contributed by atoms with Crippen molar-refractivity contribution in [3.63, 3.8) is 0 Å². The maximum Gasteiger partial charge on any atom is 0.470 e. The van der Waals surface area contributed by atoms with Gasteiger partial charge >= 0.3 is 12.1 Å². The number of unbranched alkanes of at least 4 members (excludes halogenated alkanes) is 1. The molecule has 0 atom stereocenters. The van der Waals surface area contributed by atoms with E-state index >= 15 is 0 Å². The van der Waals surface area contributed by atoms with Gasteiger partial charge in [0.15, 0.2) is 0 Å². The van der Waals surface area contributed by atoms with Gasteiger partial charge in [-0.05, 0) is 25.9 Å². The highest BCUT2D eigenvalue weighted by molar-refractivity contribution is 5.79. The summed E-state index contributed by atoms with van der Waals surface area (Å²) >= 11 is 0. The molecule has 0 fully saturated rings. The number of carbonyl (C=O) groups excluding carboxylic acids is 1. The van der Waals surface area contributed by atoms with Gasteiger partial charge in [-0.1, -0.05) is 20.3 Å². The highest BCUT2D eigenvalue weighted by Crippen LogP contribution is 2.11. The number of primary amides is 1.